The first-order valence-electron chi connectivity index (χ1n) is 14.3. The van der Waals surface area contributed by atoms with Crippen LogP contribution in [-0.2, 0) is 0 Å². The number of hydrogen-bond acceptors (Lipinski definition) is 11. The summed E-state index contributed by atoms with van der Waals surface area (Å²) in [7, 11) is 0. The number of carbonyl (C=O) groups is 1. The average molecular weight is 651 g/mol. The van der Waals surface area contributed by atoms with Gasteiger partial charge in [-0.1, -0.05) is 67.0 Å². The molecule has 228 valence electrons. The second-order valence-corrected chi connectivity index (χ2v) is 14.1. The molecule has 1 aromatic carbocycles. The zero-order valence-corrected chi connectivity index (χ0v) is 27.6. The molecule has 0 amide bonds. The normalized spacial score (nSPS) is 16.7. The number of non-ortho nitro benzene ring substituents is 1. The predicted octanol–water partition coefficient (Wildman–Crippen LogP) is 4.08. The molecule has 3 heterocycles. The van der Waals surface area contributed by atoms with E-state index in [1.807, 2.05) is 0 Å². The first-order valence-corrected chi connectivity index (χ1v) is 16.9. The number of aromatic nitrogens is 3. The lowest BCUT2D eigenvalue weighted by atomic mass is 10.2. The Bertz CT molecular complexity index is 1220. The SMILES string of the molecule is CCCN1CCN(C(=S)SC(SC(=S)N2CCN(CCC)CC2)C(=O)c2nnn(-c3ccc([N+](=O)[O-])cc3)c2C)CC1. The summed E-state index contributed by atoms with van der Waals surface area (Å²) in [6.45, 7) is 15.4. The number of carbonyl (C=O) groups excluding carboxylic acids is 1. The van der Waals surface area contributed by atoms with Crippen molar-refractivity contribution in [1.82, 2.24) is 34.6 Å². The Morgan fingerprint density at radius 3 is 1.81 bits per heavy atom. The van der Waals surface area contributed by atoms with E-state index in [4.69, 9.17) is 24.4 Å². The topological polar surface area (TPSA) is 104 Å². The molecule has 11 nitrogen and oxygen atoms in total. The van der Waals surface area contributed by atoms with Gasteiger partial charge in [-0.15, -0.1) is 5.10 Å². The lowest BCUT2D eigenvalue weighted by molar-refractivity contribution is -0.384. The molecule has 42 heavy (non-hydrogen) atoms. The Balaban J connectivity index is 1.51. The third-order valence-corrected chi connectivity index (χ3v) is 10.9. The van der Waals surface area contributed by atoms with Gasteiger partial charge in [0.25, 0.3) is 5.69 Å². The van der Waals surface area contributed by atoms with Crippen LogP contribution >= 0.6 is 48.0 Å². The summed E-state index contributed by atoms with van der Waals surface area (Å²) in [5.74, 6) is -0.199. The molecule has 1 aromatic heterocycles. The summed E-state index contributed by atoms with van der Waals surface area (Å²) in [6, 6.07) is 6.00. The van der Waals surface area contributed by atoms with Gasteiger partial charge in [0.1, 0.15) is 13.2 Å². The van der Waals surface area contributed by atoms with Crippen LogP contribution in [0, 0.1) is 17.0 Å². The minimum atomic E-state index is -0.618. The zero-order chi connectivity index (χ0) is 30.2. The molecule has 15 heteroatoms. The molecule has 2 aliphatic heterocycles. The van der Waals surface area contributed by atoms with E-state index in [1.165, 1.54) is 40.3 Å². The number of ketones is 1. The van der Waals surface area contributed by atoms with E-state index in [1.54, 1.807) is 19.1 Å². The summed E-state index contributed by atoms with van der Waals surface area (Å²) in [6.07, 6.45) is 2.24. The van der Waals surface area contributed by atoms with Gasteiger partial charge >= 0.3 is 0 Å². The first-order chi connectivity index (χ1) is 20.2. The second kappa shape index (κ2) is 15.5. The van der Waals surface area contributed by atoms with Crippen molar-refractivity contribution in [2.24, 2.45) is 0 Å². The molecule has 2 aliphatic rings. The van der Waals surface area contributed by atoms with Crippen molar-refractivity contribution in [2.75, 3.05) is 65.4 Å². The molecular weight excluding hydrogens is 613 g/mol. The van der Waals surface area contributed by atoms with Crippen LogP contribution in [0.1, 0.15) is 42.9 Å². The minimum Gasteiger partial charge on any atom is -0.355 e. The summed E-state index contributed by atoms with van der Waals surface area (Å²) in [4.78, 5) is 33.9. The van der Waals surface area contributed by atoms with Crippen LogP contribution in [-0.4, -0.2) is 124 Å². The van der Waals surface area contributed by atoms with E-state index in [2.05, 4.69) is 43.8 Å². The van der Waals surface area contributed by atoms with Gasteiger partial charge in [0.2, 0.25) is 5.78 Å². The maximum atomic E-state index is 14.0. The molecule has 0 radical (unpaired) electrons. The Morgan fingerprint density at radius 2 is 1.38 bits per heavy atom. The van der Waals surface area contributed by atoms with Crippen LogP contribution in [0.15, 0.2) is 24.3 Å². The quantitative estimate of drug-likeness (QED) is 0.121. The highest BCUT2D eigenvalue weighted by molar-refractivity contribution is 8.37. The van der Waals surface area contributed by atoms with E-state index in [-0.39, 0.29) is 17.2 Å². The summed E-state index contributed by atoms with van der Waals surface area (Å²) in [5.41, 5.74) is 1.36. The highest BCUT2D eigenvalue weighted by Crippen LogP contribution is 2.33. The van der Waals surface area contributed by atoms with Gasteiger partial charge < -0.3 is 9.80 Å². The molecule has 0 aliphatic carbocycles. The van der Waals surface area contributed by atoms with Crippen molar-refractivity contribution in [3.05, 3.63) is 45.8 Å². The number of hydrogen-bond donors (Lipinski definition) is 0. The third-order valence-electron chi connectivity index (χ3n) is 7.40. The number of rotatable bonds is 10. The van der Waals surface area contributed by atoms with Crippen molar-refractivity contribution >= 4 is 68.1 Å². The highest BCUT2D eigenvalue weighted by Gasteiger charge is 2.33. The van der Waals surface area contributed by atoms with Crippen molar-refractivity contribution in [3.8, 4) is 5.69 Å². The number of Topliss-reactive ketones (excluding diaryl/α,β-unsaturated/α-hetero) is 1. The summed E-state index contributed by atoms with van der Waals surface area (Å²) >= 11 is 14.5. The Kier molecular flexibility index (Phi) is 12.1. The van der Waals surface area contributed by atoms with E-state index in [9.17, 15) is 14.9 Å². The van der Waals surface area contributed by atoms with Crippen LogP contribution in [0.4, 0.5) is 5.69 Å². The van der Waals surface area contributed by atoms with Crippen molar-refractivity contribution in [2.45, 2.75) is 38.2 Å². The second-order valence-electron chi connectivity index (χ2n) is 10.3. The van der Waals surface area contributed by atoms with Crippen LogP contribution in [0.3, 0.4) is 0 Å². The molecule has 0 spiro atoms. The highest BCUT2D eigenvalue weighted by atomic mass is 32.2. The van der Waals surface area contributed by atoms with Crippen LogP contribution in [0.25, 0.3) is 5.69 Å². The number of benzene rings is 1. The average Bonchev–Trinajstić information content (AvgIpc) is 3.38. The summed E-state index contributed by atoms with van der Waals surface area (Å²) in [5, 5.41) is 19.5. The number of nitro benzene ring substituents is 1. The van der Waals surface area contributed by atoms with Gasteiger partial charge in [0.05, 0.1) is 16.3 Å². The Hall–Kier alpha value is -2.17. The Morgan fingerprint density at radius 1 is 0.905 bits per heavy atom. The number of thioether (sulfide) groups is 2. The minimum absolute atomic E-state index is 0.0197. The smallest absolute Gasteiger partial charge is 0.269 e. The van der Waals surface area contributed by atoms with Crippen LogP contribution in [0.2, 0.25) is 0 Å². The van der Waals surface area contributed by atoms with Gasteiger partial charge in [-0.2, -0.15) is 0 Å². The Labute approximate surface area is 266 Å². The molecule has 4 rings (SSSR count). The molecule has 2 aromatic rings. The van der Waals surface area contributed by atoms with Crippen LogP contribution < -0.4 is 0 Å². The van der Waals surface area contributed by atoms with Crippen molar-refractivity contribution < 1.29 is 9.72 Å². The largest absolute Gasteiger partial charge is 0.355 e. The van der Waals surface area contributed by atoms with E-state index < -0.39 is 9.51 Å². The van der Waals surface area contributed by atoms with Crippen molar-refractivity contribution in [1.29, 1.82) is 0 Å². The molecule has 0 unspecified atom stereocenters. The molecular formula is C27H38N8O3S4. The molecule has 2 saturated heterocycles. The molecule has 0 bridgehead atoms. The monoisotopic (exact) mass is 650 g/mol. The first kappa shape index (κ1) is 32.7. The maximum absolute atomic E-state index is 14.0. The van der Waals surface area contributed by atoms with Gasteiger partial charge in [0.15, 0.2) is 5.69 Å². The van der Waals surface area contributed by atoms with Gasteiger partial charge in [-0.3, -0.25) is 24.7 Å². The number of nitrogens with zero attached hydrogens (tertiary/aromatic N) is 8. The van der Waals surface area contributed by atoms with Gasteiger partial charge in [-0.05, 0) is 45.0 Å². The van der Waals surface area contributed by atoms with E-state index in [0.29, 0.717) is 20.0 Å². The molecule has 2 fully saturated rings. The van der Waals surface area contributed by atoms with Gasteiger partial charge in [-0.25, -0.2) is 4.68 Å². The number of thiocarbonyl (C=S) groups is 2. The maximum Gasteiger partial charge on any atom is 0.269 e. The summed E-state index contributed by atoms with van der Waals surface area (Å²) < 4.78 is 2.29. The zero-order valence-electron chi connectivity index (χ0n) is 24.3. The van der Waals surface area contributed by atoms with E-state index >= 15 is 0 Å². The van der Waals surface area contributed by atoms with E-state index in [0.717, 1.165) is 78.3 Å². The molecule has 0 N–H and O–H groups in total. The fourth-order valence-electron chi connectivity index (χ4n) is 5.03. The van der Waals surface area contributed by atoms with Gasteiger partial charge in [0, 0.05) is 64.5 Å². The number of nitro groups is 1. The molecule has 0 atom stereocenters. The molecule has 0 saturated carbocycles. The fraction of sp³-hybridized carbons (Fsp3) is 0.593. The lowest BCUT2D eigenvalue weighted by Crippen LogP contribution is -2.48. The van der Waals surface area contributed by atoms with Crippen molar-refractivity contribution in [3.63, 3.8) is 0 Å². The predicted molar refractivity (Wildman–Crippen MR) is 178 cm³/mol. The number of piperazine rings is 2. The fourth-order valence-corrected chi connectivity index (χ4v) is 8.55. The standard InChI is InChI=1S/C27H38N8O3S4/c1-4-10-30-12-16-32(17-13-30)26(39)41-25(42-27(40)33-18-14-31(11-5-2)15-19-33)24(36)23-20(3)34(29-28-23)21-6-8-22(9-7-21)35(37)38/h6-9,25H,4-5,10-19H2,1-3H3. The van der Waals surface area contributed by atoms with Crippen LogP contribution in [0.5, 0.6) is 0 Å². The third kappa shape index (κ3) is 8.26. The lowest BCUT2D eigenvalue weighted by Gasteiger charge is -2.37.